The van der Waals surface area contributed by atoms with E-state index in [1.54, 1.807) is 24.3 Å². The first-order chi connectivity index (χ1) is 9.72. The Hall–Kier alpha value is -2.41. The lowest BCUT2D eigenvalue weighted by Gasteiger charge is -1.97. The van der Waals surface area contributed by atoms with Gasteiger partial charge in [0.25, 0.3) is 0 Å². The molecule has 0 saturated heterocycles. The van der Waals surface area contributed by atoms with Gasteiger partial charge in [0.15, 0.2) is 11.5 Å². The standard InChI is InChI=1S/C13H10N2O4S/c1-8-5-10(15-18-8)13(16)17-7-9-6-11(19-14-9)12-3-2-4-20-12/h2-6H,7H2,1H3. The van der Waals surface area contributed by atoms with Crippen LogP contribution in [0.2, 0.25) is 0 Å². The second-order valence-electron chi connectivity index (χ2n) is 4.06. The molecule has 6 nitrogen and oxygen atoms in total. The van der Waals surface area contributed by atoms with Crippen LogP contribution in [0.5, 0.6) is 0 Å². The first kappa shape index (κ1) is 12.6. The Morgan fingerprint density at radius 1 is 1.35 bits per heavy atom. The van der Waals surface area contributed by atoms with Crippen LogP contribution in [0.4, 0.5) is 0 Å². The monoisotopic (exact) mass is 290 g/mol. The molecule has 0 atom stereocenters. The molecule has 0 spiro atoms. The summed E-state index contributed by atoms with van der Waals surface area (Å²) in [5, 5.41) is 9.38. The van der Waals surface area contributed by atoms with Crippen molar-refractivity contribution in [2.75, 3.05) is 0 Å². The highest BCUT2D eigenvalue weighted by Gasteiger charge is 2.14. The van der Waals surface area contributed by atoms with Gasteiger partial charge in [-0.1, -0.05) is 16.4 Å². The molecule has 3 rings (SSSR count). The van der Waals surface area contributed by atoms with Crippen LogP contribution in [0.15, 0.2) is 38.7 Å². The van der Waals surface area contributed by atoms with Gasteiger partial charge in [-0.3, -0.25) is 0 Å². The lowest BCUT2D eigenvalue weighted by molar-refractivity contribution is 0.0452. The van der Waals surface area contributed by atoms with Gasteiger partial charge in [0.2, 0.25) is 0 Å². The Morgan fingerprint density at radius 2 is 2.25 bits per heavy atom. The van der Waals surface area contributed by atoms with E-state index in [4.69, 9.17) is 13.8 Å². The zero-order valence-electron chi connectivity index (χ0n) is 10.5. The lowest BCUT2D eigenvalue weighted by atomic mass is 10.3. The quantitative estimate of drug-likeness (QED) is 0.687. The molecule has 0 saturated carbocycles. The predicted octanol–water partition coefficient (Wildman–Crippen LogP) is 3.06. The molecular formula is C13H10N2O4S. The SMILES string of the molecule is Cc1cc(C(=O)OCc2cc(-c3cccs3)on2)no1. The molecule has 0 N–H and O–H groups in total. The average molecular weight is 290 g/mol. The topological polar surface area (TPSA) is 78.4 Å². The third-order valence-electron chi connectivity index (χ3n) is 2.51. The summed E-state index contributed by atoms with van der Waals surface area (Å²) < 4.78 is 15.1. The highest BCUT2D eigenvalue weighted by Crippen LogP contribution is 2.25. The highest BCUT2D eigenvalue weighted by atomic mass is 32.1. The summed E-state index contributed by atoms with van der Waals surface area (Å²) in [6.07, 6.45) is 0. The number of esters is 1. The number of carbonyl (C=O) groups is 1. The van der Waals surface area contributed by atoms with Crippen LogP contribution in [0.1, 0.15) is 21.9 Å². The molecule has 3 heterocycles. The number of carbonyl (C=O) groups excluding carboxylic acids is 1. The van der Waals surface area contributed by atoms with Crippen LogP contribution >= 0.6 is 11.3 Å². The van der Waals surface area contributed by atoms with E-state index < -0.39 is 5.97 Å². The largest absolute Gasteiger partial charge is 0.454 e. The van der Waals surface area contributed by atoms with Gasteiger partial charge in [-0.2, -0.15) is 0 Å². The molecule has 0 unspecified atom stereocenters. The zero-order chi connectivity index (χ0) is 13.9. The van der Waals surface area contributed by atoms with Crippen molar-refractivity contribution >= 4 is 17.3 Å². The Morgan fingerprint density at radius 3 is 2.95 bits per heavy atom. The minimum Gasteiger partial charge on any atom is -0.454 e. The van der Waals surface area contributed by atoms with E-state index in [9.17, 15) is 4.79 Å². The second kappa shape index (κ2) is 5.30. The summed E-state index contributed by atoms with van der Waals surface area (Å²) in [7, 11) is 0. The number of ether oxygens (including phenoxy) is 1. The number of thiophene rings is 1. The number of aromatic nitrogens is 2. The van der Waals surface area contributed by atoms with Crippen molar-refractivity contribution in [1.29, 1.82) is 0 Å². The average Bonchev–Trinajstić information content (AvgIpc) is 3.16. The Labute approximate surface area is 117 Å². The maximum atomic E-state index is 11.7. The molecule has 0 aromatic carbocycles. The van der Waals surface area contributed by atoms with Gasteiger partial charge in [-0.15, -0.1) is 11.3 Å². The molecule has 0 amide bonds. The minimum absolute atomic E-state index is 0.0274. The highest BCUT2D eigenvalue weighted by molar-refractivity contribution is 7.13. The van der Waals surface area contributed by atoms with E-state index in [1.165, 1.54) is 6.07 Å². The van der Waals surface area contributed by atoms with Gasteiger partial charge < -0.3 is 13.8 Å². The maximum absolute atomic E-state index is 11.7. The Bertz CT molecular complexity index is 714. The van der Waals surface area contributed by atoms with Crippen LogP contribution < -0.4 is 0 Å². The fraction of sp³-hybridized carbons (Fsp3) is 0.154. The van der Waals surface area contributed by atoms with E-state index in [-0.39, 0.29) is 12.3 Å². The molecular weight excluding hydrogens is 280 g/mol. The molecule has 0 fully saturated rings. The van der Waals surface area contributed by atoms with Gasteiger partial charge >= 0.3 is 5.97 Å². The van der Waals surface area contributed by atoms with Crippen molar-refractivity contribution in [1.82, 2.24) is 10.3 Å². The van der Waals surface area contributed by atoms with E-state index >= 15 is 0 Å². The predicted molar refractivity (Wildman–Crippen MR) is 70.2 cm³/mol. The summed E-state index contributed by atoms with van der Waals surface area (Å²) in [5.74, 6) is 0.657. The summed E-state index contributed by atoms with van der Waals surface area (Å²) in [6, 6.07) is 7.11. The number of nitrogens with zero attached hydrogens (tertiary/aromatic N) is 2. The van der Waals surface area contributed by atoms with E-state index in [0.29, 0.717) is 17.2 Å². The third-order valence-corrected chi connectivity index (χ3v) is 3.40. The zero-order valence-corrected chi connectivity index (χ0v) is 11.3. The van der Waals surface area contributed by atoms with Crippen LogP contribution in [0.25, 0.3) is 10.6 Å². The fourth-order valence-corrected chi connectivity index (χ4v) is 2.26. The van der Waals surface area contributed by atoms with Gasteiger partial charge in [-0.05, 0) is 18.4 Å². The van der Waals surface area contributed by atoms with Crippen LogP contribution in [0, 0.1) is 6.92 Å². The van der Waals surface area contributed by atoms with Gasteiger partial charge in [0.1, 0.15) is 18.1 Å². The third kappa shape index (κ3) is 2.62. The van der Waals surface area contributed by atoms with Gasteiger partial charge in [0, 0.05) is 12.1 Å². The molecule has 0 aliphatic carbocycles. The van der Waals surface area contributed by atoms with Crippen LogP contribution in [-0.4, -0.2) is 16.3 Å². The number of hydrogen-bond acceptors (Lipinski definition) is 7. The Balaban J connectivity index is 1.63. The van der Waals surface area contributed by atoms with Crippen molar-refractivity contribution in [3.63, 3.8) is 0 Å². The van der Waals surface area contributed by atoms with Crippen molar-refractivity contribution < 1.29 is 18.6 Å². The number of aryl methyl sites for hydroxylation is 1. The van der Waals surface area contributed by atoms with Crippen LogP contribution in [-0.2, 0) is 11.3 Å². The second-order valence-corrected chi connectivity index (χ2v) is 5.01. The molecule has 102 valence electrons. The van der Waals surface area contributed by atoms with Crippen molar-refractivity contribution in [2.45, 2.75) is 13.5 Å². The summed E-state index contributed by atoms with van der Waals surface area (Å²) in [4.78, 5) is 12.6. The van der Waals surface area contributed by atoms with Crippen molar-refractivity contribution in [3.8, 4) is 10.6 Å². The molecule has 7 heteroatoms. The van der Waals surface area contributed by atoms with E-state index in [0.717, 1.165) is 4.88 Å². The molecule has 0 aliphatic heterocycles. The molecule has 3 aromatic rings. The maximum Gasteiger partial charge on any atom is 0.360 e. The Kier molecular flexibility index (Phi) is 3.34. The molecule has 3 aromatic heterocycles. The smallest absolute Gasteiger partial charge is 0.360 e. The van der Waals surface area contributed by atoms with Gasteiger partial charge in [-0.25, -0.2) is 4.79 Å². The molecule has 0 bridgehead atoms. The summed E-state index contributed by atoms with van der Waals surface area (Å²) in [6.45, 7) is 1.73. The molecule has 20 heavy (non-hydrogen) atoms. The first-order valence-corrected chi connectivity index (χ1v) is 6.70. The molecule has 0 aliphatic rings. The van der Waals surface area contributed by atoms with Gasteiger partial charge in [0.05, 0.1) is 4.88 Å². The number of hydrogen-bond donors (Lipinski definition) is 0. The minimum atomic E-state index is -0.553. The normalized spacial score (nSPS) is 10.7. The van der Waals surface area contributed by atoms with Crippen LogP contribution in [0.3, 0.4) is 0 Å². The van der Waals surface area contributed by atoms with E-state index in [1.807, 2.05) is 17.5 Å². The summed E-state index contributed by atoms with van der Waals surface area (Å²) in [5.41, 5.74) is 0.687. The summed E-state index contributed by atoms with van der Waals surface area (Å²) >= 11 is 1.55. The fourth-order valence-electron chi connectivity index (χ4n) is 1.59. The number of rotatable bonds is 4. The first-order valence-electron chi connectivity index (χ1n) is 5.82. The van der Waals surface area contributed by atoms with Crippen molar-refractivity contribution in [3.05, 3.63) is 46.8 Å². The van der Waals surface area contributed by atoms with E-state index in [2.05, 4.69) is 10.3 Å². The molecule has 0 radical (unpaired) electrons. The lowest BCUT2D eigenvalue weighted by Crippen LogP contribution is -2.05. The van der Waals surface area contributed by atoms with Crippen molar-refractivity contribution in [2.24, 2.45) is 0 Å².